The van der Waals surface area contributed by atoms with Gasteiger partial charge < -0.3 is 4.90 Å². The van der Waals surface area contributed by atoms with E-state index in [1.165, 1.54) is 12.1 Å². The minimum Gasteiger partial charge on any atom is -0.337 e. The van der Waals surface area contributed by atoms with Gasteiger partial charge >= 0.3 is 0 Å². The molecule has 4 nitrogen and oxygen atoms in total. The van der Waals surface area contributed by atoms with Gasteiger partial charge in [0.2, 0.25) is 5.91 Å². The van der Waals surface area contributed by atoms with E-state index in [0.717, 1.165) is 37.9 Å². The summed E-state index contributed by atoms with van der Waals surface area (Å²) in [5, 5.41) is 0. The minimum atomic E-state index is -0.248. The van der Waals surface area contributed by atoms with Gasteiger partial charge in [0.25, 0.3) is 0 Å². The predicted molar refractivity (Wildman–Crippen MR) is 76.3 cm³/mol. The molecule has 1 aromatic rings. The highest BCUT2D eigenvalue weighted by Gasteiger charge is 2.26. The van der Waals surface area contributed by atoms with E-state index in [9.17, 15) is 9.18 Å². The van der Waals surface area contributed by atoms with Crippen LogP contribution in [0.2, 0.25) is 0 Å². The molecule has 1 amide bonds. The van der Waals surface area contributed by atoms with E-state index in [0.29, 0.717) is 6.54 Å². The lowest BCUT2D eigenvalue weighted by atomic mass is 10.1. The Morgan fingerprint density at radius 1 is 1.40 bits per heavy atom. The highest BCUT2D eigenvalue weighted by Crippen LogP contribution is 2.11. The summed E-state index contributed by atoms with van der Waals surface area (Å²) in [5.41, 5.74) is 6.96. The smallest absolute Gasteiger partial charge is 0.241 e. The fourth-order valence-electron chi connectivity index (χ4n) is 2.32. The van der Waals surface area contributed by atoms with Crippen molar-refractivity contribution in [3.05, 3.63) is 35.6 Å². The number of nitrogens with zero attached hydrogens (tertiary/aromatic N) is 1. The lowest BCUT2D eigenvalue weighted by Gasteiger charge is -2.25. The summed E-state index contributed by atoms with van der Waals surface area (Å²) in [6.45, 7) is 4.20. The van der Waals surface area contributed by atoms with Gasteiger partial charge in [0.05, 0.1) is 0 Å². The second-order valence-electron chi connectivity index (χ2n) is 5.15. The van der Waals surface area contributed by atoms with Crippen LogP contribution in [0.15, 0.2) is 24.3 Å². The third kappa shape index (κ3) is 4.02. The molecule has 0 saturated carbocycles. The van der Waals surface area contributed by atoms with Crippen LogP contribution in [0.5, 0.6) is 0 Å². The topological polar surface area (TPSA) is 44.4 Å². The Hall–Kier alpha value is -1.46. The van der Waals surface area contributed by atoms with E-state index in [1.807, 2.05) is 4.90 Å². The Labute approximate surface area is 119 Å². The van der Waals surface area contributed by atoms with Crippen LogP contribution in [0.1, 0.15) is 31.7 Å². The summed E-state index contributed by atoms with van der Waals surface area (Å²) in [6, 6.07) is 6.21. The van der Waals surface area contributed by atoms with Gasteiger partial charge in [-0.25, -0.2) is 9.82 Å². The predicted octanol–water partition coefficient (Wildman–Crippen LogP) is 1.82. The molecule has 0 aromatic heterocycles. The molecule has 1 saturated heterocycles. The maximum absolute atomic E-state index is 12.9. The van der Waals surface area contributed by atoms with Crippen molar-refractivity contribution >= 4 is 5.91 Å². The first-order valence-electron chi connectivity index (χ1n) is 7.22. The number of benzene rings is 1. The van der Waals surface area contributed by atoms with Crippen molar-refractivity contribution in [1.82, 2.24) is 15.8 Å². The SMILES string of the molecule is CCCCN(Cc1ccc(F)cc1)C(=O)C1CCNN1. The van der Waals surface area contributed by atoms with E-state index >= 15 is 0 Å². The average Bonchev–Trinajstić information content (AvgIpc) is 2.99. The molecular weight excluding hydrogens is 257 g/mol. The van der Waals surface area contributed by atoms with Gasteiger partial charge in [-0.1, -0.05) is 25.5 Å². The number of amides is 1. The molecule has 0 spiro atoms. The van der Waals surface area contributed by atoms with Crippen molar-refractivity contribution in [1.29, 1.82) is 0 Å². The van der Waals surface area contributed by atoms with Crippen LogP contribution in [0, 0.1) is 5.82 Å². The zero-order chi connectivity index (χ0) is 14.4. The van der Waals surface area contributed by atoms with E-state index in [-0.39, 0.29) is 17.8 Å². The van der Waals surface area contributed by atoms with Crippen molar-refractivity contribution in [2.24, 2.45) is 0 Å². The standard InChI is InChI=1S/C15H22FN3O/c1-2-3-10-19(15(20)14-8-9-17-18-14)11-12-4-6-13(16)7-5-12/h4-7,14,17-18H,2-3,8-11H2,1H3. The first-order valence-corrected chi connectivity index (χ1v) is 7.22. The summed E-state index contributed by atoms with van der Waals surface area (Å²) in [6.07, 6.45) is 2.83. The van der Waals surface area contributed by atoms with Crippen LogP contribution in [0.25, 0.3) is 0 Å². The molecule has 1 aromatic carbocycles. The summed E-state index contributed by atoms with van der Waals surface area (Å²) in [5.74, 6) is -0.130. The van der Waals surface area contributed by atoms with Crippen LogP contribution in [0.3, 0.4) is 0 Å². The molecule has 0 radical (unpaired) electrons. The fourth-order valence-corrected chi connectivity index (χ4v) is 2.32. The molecule has 0 bridgehead atoms. The number of carbonyl (C=O) groups excluding carboxylic acids is 1. The molecule has 20 heavy (non-hydrogen) atoms. The van der Waals surface area contributed by atoms with Crippen molar-refractivity contribution in [2.45, 2.75) is 38.8 Å². The Morgan fingerprint density at radius 3 is 2.75 bits per heavy atom. The van der Waals surface area contributed by atoms with E-state index < -0.39 is 0 Å². The number of halogens is 1. The van der Waals surface area contributed by atoms with Gasteiger partial charge in [0, 0.05) is 19.6 Å². The first kappa shape index (κ1) is 14.9. The van der Waals surface area contributed by atoms with Gasteiger partial charge in [0.15, 0.2) is 0 Å². The Bertz CT molecular complexity index is 429. The zero-order valence-electron chi connectivity index (χ0n) is 11.9. The highest BCUT2D eigenvalue weighted by molar-refractivity contribution is 5.82. The molecule has 2 rings (SSSR count). The lowest BCUT2D eigenvalue weighted by molar-refractivity contribution is -0.133. The average molecular weight is 279 g/mol. The second kappa shape index (κ2) is 7.36. The molecule has 0 aliphatic carbocycles. The van der Waals surface area contributed by atoms with Crippen molar-refractivity contribution in [2.75, 3.05) is 13.1 Å². The first-order chi connectivity index (χ1) is 9.70. The molecule has 1 unspecified atom stereocenters. The van der Waals surface area contributed by atoms with Gasteiger partial charge in [-0.2, -0.15) is 0 Å². The van der Waals surface area contributed by atoms with Gasteiger partial charge in [-0.05, 0) is 30.5 Å². The number of rotatable bonds is 6. The maximum Gasteiger partial charge on any atom is 0.241 e. The van der Waals surface area contributed by atoms with Gasteiger partial charge in [-0.3, -0.25) is 10.2 Å². The number of hydrogen-bond donors (Lipinski definition) is 2. The molecule has 1 atom stereocenters. The van der Waals surface area contributed by atoms with Crippen LogP contribution >= 0.6 is 0 Å². The molecule has 1 aliphatic rings. The second-order valence-corrected chi connectivity index (χ2v) is 5.15. The third-order valence-electron chi connectivity index (χ3n) is 3.51. The number of hydrazine groups is 1. The largest absolute Gasteiger partial charge is 0.337 e. The summed E-state index contributed by atoms with van der Waals surface area (Å²) in [4.78, 5) is 14.3. The molecule has 1 aliphatic heterocycles. The summed E-state index contributed by atoms with van der Waals surface area (Å²) in [7, 11) is 0. The maximum atomic E-state index is 12.9. The lowest BCUT2D eigenvalue weighted by Crippen LogP contribution is -2.45. The number of carbonyl (C=O) groups is 1. The van der Waals surface area contributed by atoms with Crippen LogP contribution in [-0.2, 0) is 11.3 Å². The minimum absolute atomic E-state index is 0.118. The Morgan fingerprint density at radius 2 is 2.15 bits per heavy atom. The number of nitrogens with one attached hydrogen (secondary N) is 2. The molecule has 2 N–H and O–H groups in total. The summed E-state index contributed by atoms with van der Waals surface area (Å²) >= 11 is 0. The van der Waals surface area contributed by atoms with Crippen molar-refractivity contribution in [3.63, 3.8) is 0 Å². The zero-order valence-corrected chi connectivity index (χ0v) is 11.9. The van der Waals surface area contributed by atoms with Crippen LogP contribution in [-0.4, -0.2) is 29.9 Å². The monoisotopic (exact) mass is 279 g/mol. The normalized spacial score (nSPS) is 18.2. The third-order valence-corrected chi connectivity index (χ3v) is 3.51. The van der Waals surface area contributed by atoms with E-state index in [1.54, 1.807) is 12.1 Å². The molecule has 5 heteroatoms. The Balaban J connectivity index is 2.02. The number of unbranched alkanes of at least 4 members (excludes halogenated alkanes) is 1. The highest BCUT2D eigenvalue weighted by atomic mass is 19.1. The van der Waals surface area contributed by atoms with E-state index in [2.05, 4.69) is 17.8 Å². The molecule has 1 fully saturated rings. The van der Waals surface area contributed by atoms with Crippen molar-refractivity contribution in [3.8, 4) is 0 Å². The van der Waals surface area contributed by atoms with Gasteiger partial charge in [0.1, 0.15) is 11.9 Å². The van der Waals surface area contributed by atoms with Crippen LogP contribution < -0.4 is 10.9 Å². The van der Waals surface area contributed by atoms with Gasteiger partial charge in [-0.15, -0.1) is 0 Å². The fraction of sp³-hybridized carbons (Fsp3) is 0.533. The van der Waals surface area contributed by atoms with Crippen LogP contribution in [0.4, 0.5) is 4.39 Å². The van der Waals surface area contributed by atoms with E-state index in [4.69, 9.17) is 0 Å². The number of hydrogen-bond acceptors (Lipinski definition) is 3. The summed E-state index contributed by atoms with van der Waals surface area (Å²) < 4.78 is 12.9. The van der Waals surface area contributed by atoms with Crippen molar-refractivity contribution < 1.29 is 9.18 Å². The quantitative estimate of drug-likeness (QED) is 0.835. The molecule has 110 valence electrons. The molecule has 1 heterocycles. The Kier molecular flexibility index (Phi) is 5.49. The molecular formula is C15H22FN3O.